The van der Waals surface area contributed by atoms with E-state index in [0.29, 0.717) is 24.1 Å². The van der Waals surface area contributed by atoms with Gasteiger partial charge in [0.1, 0.15) is 5.82 Å². The quantitative estimate of drug-likeness (QED) is 0.439. The van der Waals surface area contributed by atoms with Crippen molar-refractivity contribution >= 4 is 5.91 Å². The summed E-state index contributed by atoms with van der Waals surface area (Å²) in [5.74, 6) is -1.28. The summed E-state index contributed by atoms with van der Waals surface area (Å²) in [6.07, 6.45) is -11.2. The lowest BCUT2D eigenvalue weighted by Crippen LogP contribution is -2.52. The van der Waals surface area contributed by atoms with Gasteiger partial charge in [-0.1, -0.05) is 12.1 Å². The first-order chi connectivity index (χ1) is 17.4. The molecule has 1 amide bonds. The molecule has 2 fully saturated rings. The number of amides is 1. The molecule has 2 aromatic rings. The predicted molar refractivity (Wildman–Crippen MR) is 125 cm³/mol. The number of halogens is 7. The van der Waals surface area contributed by atoms with Gasteiger partial charge in [-0.05, 0) is 74.6 Å². The van der Waals surface area contributed by atoms with Crippen LogP contribution in [0.15, 0.2) is 42.5 Å². The van der Waals surface area contributed by atoms with Crippen LogP contribution < -0.4 is 5.73 Å². The lowest BCUT2D eigenvalue weighted by Gasteiger charge is -2.42. The van der Waals surface area contributed by atoms with E-state index in [0.717, 1.165) is 0 Å². The maximum Gasteiger partial charge on any atom is 0.416 e. The molecule has 2 aliphatic rings. The van der Waals surface area contributed by atoms with Crippen molar-refractivity contribution in [2.75, 3.05) is 6.54 Å². The van der Waals surface area contributed by atoms with E-state index in [1.165, 1.54) is 19.1 Å². The number of rotatable bonds is 5. The van der Waals surface area contributed by atoms with E-state index in [1.807, 2.05) is 13.8 Å². The van der Waals surface area contributed by atoms with Gasteiger partial charge in [-0.25, -0.2) is 4.39 Å². The van der Waals surface area contributed by atoms with E-state index in [4.69, 9.17) is 10.5 Å². The predicted octanol–water partition coefficient (Wildman–Crippen LogP) is 6.45. The van der Waals surface area contributed by atoms with Crippen LogP contribution >= 0.6 is 0 Å². The zero-order chi connectivity index (χ0) is 28.2. The molecule has 11 heteroatoms. The van der Waals surface area contributed by atoms with Gasteiger partial charge in [0.25, 0.3) is 0 Å². The Hall–Kier alpha value is -2.66. The molecule has 208 valence electrons. The Labute approximate surface area is 215 Å². The summed E-state index contributed by atoms with van der Waals surface area (Å²) < 4.78 is 100. The fourth-order valence-corrected chi connectivity index (χ4v) is 5.52. The standard InChI is InChI=1S/C27H29F7N2O2/c1-14(16-8-18(26(29,30)31)10-19(9-16)27(32,33)34)38-22-13-36-21(11-17(12-23(36)37)25(2,3)35)24(22)15-4-6-20(28)7-5-15/h4-10,14,17,21-22,24H,11-13,35H2,1-3H3/t14-,17?,21+,22+,24?/m1/s1. The third-order valence-corrected chi connectivity index (χ3v) is 7.62. The van der Waals surface area contributed by atoms with Gasteiger partial charge in [0.05, 0.1) is 23.3 Å². The number of piperidine rings is 1. The summed E-state index contributed by atoms with van der Waals surface area (Å²) in [5, 5.41) is 0. The molecule has 0 radical (unpaired) electrons. The fraction of sp³-hybridized carbons (Fsp3) is 0.519. The van der Waals surface area contributed by atoms with Crippen LogP contribution in [-0.4, -0.2) is 35.0 Å². The largest absolute Gasteiger partial charge is 0.416 e. The van der Waals surface area contributed by atoms with Crippen molar-refractivity contribution in [3.63, 3.8) is 0 Å². The van der Waals surface area contributed by atoms with Crippen LogP contribution in [0.5, 0.6) is 0 Å². The summed E-state index contributed by atoms with van der Waals surface area (Å²) in [6.45, 7) is 5.12. The van der Waals surface area contributed by atoms with Gasteiger partial charge in [0.15, 0.2) is 0 Å². The van der Waals surface area contributed by atoms with Crippen molar-refractivity contribution < 1.29 is 40.3 Å². The minimum atomic E-state index is -4.99. The van der Waals surface area contributed by atoms with E-state index in [2.05, 4.69) is 0 Å². The molecule has 0 aromatic heterocycles. The minimum Gasteiger partial charge on any atom is -0.368 e. The first kappa shape index (κ1) is 28.4. The molecule has 2 N–H and O–H groups in total. The van der Waals surface area contributed by atoms with Crippen LogP contribution in [0, 0.1) is 11.7 Å². The van der Waals surface area contributed by atoms with Gasteiger partial charge in [-0.15, -0.1) is 0 Å². The molecule has 2 aromatic carbocycles. The first-order valence-electron chi connectivity index (χ1n) is 12.2. The molecule has 2 heterocycles. The number of alkyl halides is 6. The second-order valence-electron chi connectivity index (χ2n) is 10.8. The average molecular weight is 547 g/mol. The molecule has 0 bridgehead atoms. The molecule has 4 rings (SSSR count). The maximum atomic E-state index is 13.7. The zero-order valence-corrected chi connectivity index (χ0v) is 21.0. The molecule has 38 heavy (non-hydrogen) atoms. The molecular weight excluding hydrogens is 517 g/mol. The first-order valence-corrected chi connectivity index (χ1v) is 12.2. The number of carbonyl (C=O) groups is 1. The number of benzene rings is 2. The summed E-state index contributed by atoms with van der Waals surface area (Å²) in [7, 11) is 0. The topological polar surface area (TPSA) is 55.6 Å². The van der Waals surface area contributed by atoms with Crippen molar-refractivity contribution in [2.45, 2.75) is 75.7 Å². The molecule has 2 aliphatic heterocycles. The smallest absolute Gasteiger partial charge is 0.368 e. The van der Waals surface area contributed by atoms with Gasteiger partial charge in [0.2, 0.25) is 5.91 Å². The molecule has 5 atom stereocenters. The third kappa shape index (κ3) is 5.83. The molecule has 4 nitrogen and oxygen atoms in total. The number of hydrogen-bond donors (Lipinski definition) is 1. The number of nitrogens with zero attached hydrogens (tertiary/aromatic N) is 1. The zero-order valence-electron chi connectivity index (χ0n) is 21.0. The van der Waals surface area contributed by atoms with Gasteiger partial charge in [0, 0.05) is 30.5 Å². The number of carbonyl (C=O) groups excluding carboxylic acids is 1. The van der Waals surface area contributed by atoms with Crippen LogP contribution in [0.4, 0.5) is 30.7 Å². The van der Waals surface area contributed by atoms with Gasteiger partial charge < -0.3 is 15.4 Å². The molecule has 0 spiro atoms. The molecule has 0 saturated carbocycles. The van der Waals surface area contributed by atoms with Crippen molar-refractivity contribution in [2.24, 2.45) is 11.7 Å². The lowest BCUT2D eigenvalue weighted by atomic mass is 9.75. The normalized spacial score (nSPS) is 25.4. The Morgan fingerprint density at radius 1 is 0.974 bits per heavy atom. The van der Waals surface area contributed by atoms with Crippen molar-refractivity contribution in [1.29, 1.82) is 0 Å². The van der Waals surface area contributed by atoms with Gasteiger partial charge in [-0.3, -0.25) is 4.79 Å². The Kier molecular flexibility index (Phi) is 7.33. The van der Waals surface area contributed by atoms with E-state index in [1.54, 1.807) is 17.0 Å². The van der Waals surface area contributed by atoms with E-state index in [-0.39, 0.29) is 42.5 Å². The summed E-state index contributed by atoms with van der Waals surface area (Å²) in [6, 6.07) is 6.61. The number of ether oxygens (including phenoxy) is 1. The Bertz CT molecular complexity index is 1140. The van der Waals surface area contributed by atoms with E-state index >= 15 is 0 Å². The van der Waals surface area contributed by atoms with Crippen molar-refractivity contribution in [1.82, 2.24) is 4.90 Å². The second-order valence-corrected chi connectivity index (χ2v) is 10.8. The van der Waals surface area contributed by atoms with Crippen LogP contribution in [0.3, 0.4) is 0 Å². The second kappa shape index (κ2) is 9.82. The number of fused-ring (bicyclic) bond motifs is 1. The molecular formula is C27H29F7N2O2. The van der Waals surface area contributed by atoms with Crippen LogP contribution in [0.2, 0.25) is 0 Å². The lowest BCUT2D eigenvalue weighted by molar-refractivity contribution is -0.143. The highest BCUT2D eigenvalue weighted by molar-refractivity contribution is 5.78. The minimum absolute atomic E-state index is 0.0702. The third-order valence-electron chi connectivity index (χ3n) is 7.62. The van der Waals surface area contributed by atoms with Gasteiger partial charge in [-0.2, -0.15) is 26.3 Å². The monoisotopic (exact) mass is 546 g/mol. The Balaban J connectivity index is 1.70. The Morgan fingerprint density at radius 3 is 2.03 bits per heavy atom. The highest BCUT2D eigenvalue weighted by atomic mass is 19.4. The summed E-state index contributed by atoms with van der Waals surface area (Å²) in [5.41, 5.74) is 3.16. The highest BCUT2D eigenvalue weighted by Gasteiger charge is 2.51. The molecule has 2 saturated heterocycles. The number of hydrogen-bond acceptors (Lipinski definition) is 3. The van der Waals surface area contributed by atoms with E-state index in [9.17, 15) is 35.5 Å². The molecule has 2 unspecified atom stereocenters. The van der Waals surface area contributed by atoms with Gasteiger partial charge >= 0.3 is 12.4 Å². The summed E-state index contributed by atoms with van der Waals surface area (Å²) in [4.78, 5) is 14.7. The Morgan fingerprint density at radius 2 is 1.53 bits per heavy atom. The fourth-order valence-electron chi connectivity index (χ4n) is 5.52. The highest BCUT2D eigenvalue weighted by Crippen LogP contribution is 2.46. The average Bonchev–Trinajstić information content (AvgIpc) is 3.16. The van der Waals surface area contributed by atoms with Crippen molar-refractivity contribution in [3.05, 3.63) is 70.5 Å². The van der Waals surface area contributed by atoms with E-state index < -0.39 is 53.0 Å². The number of nitrogens with two attached hydrogens (primary N) is 1. The van der Waals surface area contributed by atoms with Crippen LogP contribution in [0.1, 0.15) is 67.9 Å². The SMILES string of the molecule is C[C@@H](O[C@H]1CN2C(=O)CC(C(C)(C)N)C[C@H]2C1c1ccc(F)cc1)c1cc(C(F)(F)F)cc(C(F)(F)F)c1. The van der Waals surface area contributed by atoms with Crippen molar-refractivity contribution in [3.8, 4) is 0 Å². The maximum absolute atomic E-state index is 13.7. The van der Waals surface area contributed by atoms with Crippen LogP contribution in [-0.2, 0) is 21.9 Å². The summed E-state index contributed by atoms with van der Waals surface area (Å²) >= 11 is 0. The van der Waals surface area contributed by atoms with Crippen LogP contribution in [0.25, 0.3) is 0 Å². The molecule has 0 aliphatic carbocycles.